The Morgan fingerprint density at radius 1 is 1.35 bits per heavy atom. The Bertz CT molecular complexity index is 662. The molecule has 8 heteroatoms. The second kappa shape index (κ2) is 8.10. The number of amides is 1. The van der Waals surface area contributed by atoms with Crippen LogP contribution in [0.1, 0.15) is 41.6 Å². The quantitative estimate of drug-likeness (QED) is 0.826. The van der Waals surface area contributed by atoms with Gasteiger partial charge in [-0.3, -0.25) is 4.79 Å². The van der Waals surface area contributed by atoms with Crippen LogP contribution in [0.15, 0.2) is 23.1 Å². The van der Waals surface area contributed by atoms with E-state index in [4.69, 9.17) is 11.5 Å². The third kappa shape index (κ3) is 4.23. The van der Waals surface area contributed by atoms with E-state index in [0.29, 0.717) is 25.1 Å². The zero-order chi connectivity index (χ0) is 16.3. The molecule has 1 fully saturated rings. The Kier molecular flexibility index (Phi) is 7.01. The summed E-state index contributed by atoms with van der Waals surface area (Å²) in [6.45, 7) is 2.68. The highest BCUT2D eigenvalue weighted by Gasteiger charge is 2.33. The second-order valence-electron chi connectivity index (χ2n) is 5.68. The molecule has 1 amide bonds. The maximum Gasteiger partial charge on any atom is 0.249 e. The summed E-state index contributed by atoms with van der Waals surface area (Å²) in [7, 11) is -3.64. The van der Waals surface area contributed by atoms with Crippen LogP contribution in [0.2, 0.25) is 0 Å². The molecular weight excluding hydrogens is 338 g/mol. The first-order valence-corrected chi connectivity index (χ1v) is 8.94. The van der Waals surface area contributed by atoms with E-state index in [1.165, 1.54) is 16.4 Å². The lowest BCUT2D eigenvalue weighted by Gasteiger charge is -2.34. The SMILES string of the molecule is Cc1ccc(S(=O)(=O)N2CCCCC2CCN)cc1C(N)=O.Cl. The minimum Gasteiger partial charge on any atom is -0.366 e. The molecule has 0 aromatic heterocycles. The molecule has 1 aromatic rings. The predicted octanol–water partition coefficient (Wildman–Crippen LogP) is 1.41. The molecule has 23 heavy (non-hydrogen) atoms. The van der Waals surface area contributed by atoms with E-state index in [0.717, 1.165) is 19.3 Å². The van der Waals surface area contributed by atoms with Crippen LogP contribution in [-0.2, 0) is 10.0 Å². The number of nitrogens with two attached hydrogens (primary N) is 2. The Labute approximate surface area is 143 Å². The third-order valence-electron chi connectivity index (χ3n) is 4.15. The maximum absolute atomic E-state index is 12.9. The first-order valence-electron chi connectivity index (χ1n) is 7.50. The number of benzene rings is 1. The minimum absolute atomic E-state index is 0. The van der Waals surface area contributed by atoms with Gasteiger partial charge >= 0.3 is 0 Å². The normalized spacial score (nSPS) is 19.1. The summed E-state index contributed by atoms with van der Waals surface area (Å²) in [5.41, 5.74) is 11.8. The van der Waals surface area contributed by atoms with Gasteiger partial charge in [-0.05, 0) is 50.4 Å². The molecule has 1 heterocycles. The van der Waals surface area contributed by atoms with Crippen LogP contribution in [0.4, 0.5) is 0 Å². The molecule has 0 bridgehead atoms. The maximum atomic E-state index is 12.9. The first kappa shape index (κ1) is 19.9. The number of primary amides is 1. The van der Waals surface area contributed by atoms with Crippen molar-refractivity contribution in [3.05, 3.63) is 29.3 Å². The Balaban J connectivity index is 0.00000264. The van der Waals surface area contributed by atoms with E-state index in [2.05, 4.69) is 0 Å². The van der Waals surface area contributed by atoms with Gasteiger partial charge in [0.05, 0.1) is 4.90 Å². The summed E-state index contributed by atoms with van der Waals surface area (Å²) >= 11 is 0. The average molecular weight is 362 g/mol. The Morgan fingerprint density at radius 3 is 2.65 bits per heavy atom. The summed E-state index contributed by atoms with van der Waals surface area (Å²) in [4.78, 5) is 11.6. The molecule has 1 atom stereocenters. The van der Waals surface area contributed by atoms with Crippen molar-refractivity contribution in [3.63, 3.8) is 0 Å². The number of carbonyl (C=O) groups is 1. The molecule has 1 aromatic carbocycles. The van der Waals surface area contributed by atoms with E-state index < -0.39 is 15.9 Å². The van der Waals surface area contributed by atoms with Gasteiger partial charge in [-0.1, -0.05) is 12.5 Å². The number of hydrogen-bond donors (Lipinski definition) is 2. The highest BCUT2D eigenvalue weighted by atomic mass is 35.5. The van der Waals surface area contributed by atoms with Gasteiger partial charge in [-0.25, -0.2) is 8.42 Å². The fraction of sp³-hybridized carbons (Fsp3) is 0.533. The highest BCUT2D eigenvalue weighted by molar-refractivity contribution is 7.89. The van der Waals surface area contributed by atoms with Crippen molar-refractivity contribution in [2.24, 2.45) is 11.5 Å². The van der Waals surface area contributed by atoms with E-state index in [9.17, 15) is 13.2 Å². The molecule has 1 saturated heterocycles. The van der Waals surface area contributed by atoms with E-state index >= 15 is 0 Å². The molecule has 2 rings (SSSR count). The predicted molar refractivity (Wildman–Crippen MR) is 92.1 cm³/mol. The van der Waals surface area contributed by atoms with Crippen molar-refractivity contribution in [3.8, 4) is 0 Å². The fourth-order valence-corrected chi connectivity index (χ4v) is 4.68. The number of sulfonamides is 1. The van der Waals surface area contributed by atoms with Gasteiger partial charge in [0.2, 0.25) is 15.9 Å². The fourth-order valence-electron chi connectivity index (χ4n) is 2.93. The summed E-state index contributed by atoms with van der Waals surface area (Å²) in [5.74, 6) is -0.619. The van der Waals surface area contributed by atoms with Gasteiger partial charge in [0.25, 0.3) is 0 Å². The van der Waals surface area contributed by atoms with Crippen LogP contribution >= 0.6 is 12.4 Å². The van der Waals surface area contributed by atoms with Gasteiger partial charge in [0.15, 0.2) is 0 Å². The lowest BCUT2D eigenvalue weighted by molar-refractivity contribution is 0.0999. The lowest BCUT2D eigenvalue weighted by atomic mass is 10.0. The zero-order valence-electron chi connectivity index (χ0n) is 13.2. The monoisotopic (exact) mass is 361 g/mol. The molecule has 0 aliphatic carbocycles. The zero-order valence-corrected chi connectivity index (χ0v) is 14.8. The van der Waals surface area contributed by atoms with Gasteiger partial charge in [-0.15, -0.1) is 12.4 Å². The Morgan fingerprint density at radius 2 is 2.04 bits per heavy atom. The minimum atomic E-state index is -3.64. The number of hydrogen-bond acceptors (Lipinski definition) is 4. The van der Waals surface area contributed by atoms with Crippen molar-refractivity contribution in [2.45, 2.75) is 43.5 Å². The van der Waals surface area contributed by atoms with Crippen molar-refractivity contribution in [1.82, 2.24) is 4.31 Å². The number of nitrogens with zero attached hydrogens (tertiary/aromatic N) is 1. The molecule has 6 nitrogen and oxygen atoms in total. The average Bonchev–Trinajstić information content (AvgIpc) is 2.48. The highest BCUT2D eigenvalue weighted by Crippen LogP contribution is 2.27. The number of aryl methyl sites for hydroxylation is 1. The first-order chi connectivity index (χ1) is 10.4. The number of rotatable bonds is 5. The number of halogens is 1. The summed E-state index contributed by atoms with van der Waals surface area (Å²) < 4.78 is 27.3. The van der Waals surface area contributed by atoms with Crippen molar-refractivity contribution < 1.29 is 13.2 Å². The largest absolute Gasteiger partial charge is 0.366 e. The van der Waals surface area contributed by atoms with Gasteiger partial charge in [-0.2, -0.15) is 4.31 Å². The van der Waals surface area contributed by atoms with Crippen LogP contribution in [-0.4, -0.2) is 37.8 Å². The standard InChI is InChI=1S/C15H23N3O3S.ClH/c1-11-5-6-13(10-14(11)15(17)19)22(20,21)18-9-3-2-4-12(18)7-8-16;/h5-6,10,12H,2-4,7-9,16H2,1H3,(H2,17,19);1H. The molecule has 130 valence electrons. The van der Waals surface area contributed by atoms with E-state index in [1.54, 1.807) is 13.0 Å². The van der Waals surface area contributed by atoms with Crippen LogP contribution in [0.25, 0.3) is 0 Å². The molecule has 1 aliphatic rings. The third-order valence-corrected chi connectivity index (χ3v) is 6.10. The van der Waals surface area contributed by atoms with Crippen LogP contribution in [0.3, 0.4) is 0 Å². The van der Waals surface area contributed by atoms with Crippen molar-refractivity contribution in [1.29, 1.82) is 0 Å². The van der Waals surface area contributed by atoms with Crippen LogP contribution < -0.4 is 11.5 Å². The Hall–Kier alpha value is -1.15. The summed E-state index contributed by atoms with van der Waals surface area (Å²) in [5, 5.41) is 0. The van der Waals surface area contributed by atoms with Crippen molar-refractivity contribution >= 4 is 28.3 Å². The molecule has 4 N–H and O–H groups in total. The summed E-state index contributed by atoms with van der Waals surface area (Å²) in [6.07, 6.45) is 3.32. The van der Waals surface area contributed by atoms with Gasteiger partial charge in [0.1, 0.15) is 0 Å². The van der Waals surface area contributed by atoms with Crippen LogP contribution in [0, 0.1) is 6.92 Å². The van der Waals surface area contributed by atoms with E-state index in [1.807, 2.05) is 0 Å². The molecule has 0 saturated carbocycles. The molecule has 1 aliphatic heterocycles. The summed E-state index contributed by atoms with van der Waals surface area (Å²) in [6, 6.07) is 4.46. The van der Waals surface area contributed by atoms with E-state index in [-0.39, 0.29) is 28.9 Å². The second-order valence-corrected chi connectivity index (χ2v) is 7.57. The molecule has 0 radical (unpaired) electrons. The number of piperidine rings is 1. The molecule has 0 spiro atoms. The topological polar surface area (TPSA) is 106 Å². The molecule has 1 unspecified atom stereocenters. The number of carbonyl (C=O) groups excluding carboxylic acids is 1. The van der Waals surface area contributed by atoms with Gasteiger partial charge in [0, 0.05) is 18.2 Å². The van der Waals surface area contributed by atoms with Gasteiger partial charge < -0.3 is 11.5 Å². The lowest BCUT2D eigenvalue weighted by Crippen LogP contribution is -2.44. The van der Waals surface area contributed by atoms with Crippen LogP contribution in [0.5, 0.6) is 0 Å². The van der Waals surface area contributed by atoms with Crippen molar-refractivity contribution in [2.75, 3.05) is 13.1 Å². The molecular formula is C15H24ClN3O3S. The smallest absolute Gasteiger partial charge is 0.249 e.